The quantitative estimate of drug-likeness (QED) is 0.0952. The van der Waals surface area contributed by atoms with Crippen LogP contribution in [0.4, 0.5) is 0 Å². The predicted octanol–water partition coefficient (Wildman–Crippen LogP) is 8.49. The third kappa shape index (κ3) is 22.2. The molecular formula is C26H56NO+. The molecule has 170 valence electrons. The first kappa shape index (κ1) is 27.9. The van der Waals surface area contributed by atoms with Gasteiger partial charge in [0.15, 0.2) is 6.73 Å². The van der Waals surface area contributed by atoms with Crippen LogP contribution in [0.1, 0.15) is 136 Å². The van der Waals surface area contributed by atoms with Crippen molar-refractivity contribution < 1.29 is 9.22 Å². The number of hydrogen-bond donors (Lipinski definition) is 0. The highest BCUT2D eigenvalue weighted by atomic mass is 16.5. The maximum atomic E-state index is 5.97. The third-order valence-electron chi connectivity index (χ3n) is 5.95. The Kier molecular flexibility index (Phi) is 21.6. The van der Waals surface area contributed by atoms with E-state index in [9.17, 15) is 0 Å². The molecule has 0 amide bonds. The van der Waals surface area contributed by atoms with Gasteiger partial charge in [-0.25, -0.2) is 0 Å². The van der Waals surface area contributed by atoms with Gasteiger partial charge in [-0.05, 0) is 19.3 Å². The van der Waals surface area contributed by atoms with Crippen LogP contribution in [-0.2, 0) is 4.74 Å². The Labute approximate surface area is 179 Å². The molecule has 0 aromatic heterocycles. The molecule has 0 atom stereocenters. The van der Waals surface area contributed by atoms with E-state index in [1.807, 2.05) is 0 Å². The van der Waals surface area contributed by atoms with E-state index in [4.69, 9.17) is 4.74 Å². The van der Waals surface area contributed by atoms with Crippen molar-refractivity contribution in [3.8, 4) is 0 Å². The normalized spacial score (nSPS) is 12.0. The molecule has 0 unspecified atom stereocenters. The van der Waals surface area contributed by atoms with Crippen LogP contribution in [-0.4, -0.2) is 38.5 Å². The number of ether oxygens (including phenoxy) is 1. The summed E-state index contributed by atoms with van der Waals surface area (Å²) in [6.45, 7) is 7.68. The summed E-state index contributed by atoms with van der Waals surface area (Å²) in [5, 5.41) is 0. The predicted molar refractivity (Wildman–Crippen MR) is 127 cm³/mol. The lowest BCUT2D eigenvalue weighted by Gasteiger charge is -2.29. The van der Waals surface area contributed by atoms with Gasteiger partial charge in [0, 0.05) is 0 Å². The minimum atomic E-state index is 0.883. The number of unbranched alkanes of at least 4 members (excludes halogenated alkanes) is 17. The van der Waals surface area contributed by atoms with Crippen molar-refractivity contribution in [2.75, 3.05) is 34.0 Å². The second-order valence-electron chi connectivity index (χ2n) is 9.71. The summed E-state index contributed by atoms with van der Waals surface area (Å²) in [6.07, 6.45) is 26.7. The molecule has 0 radical (unpaired) electrons. The second kappa shape index (κ2) is 21.6. The fourth-order valence-corrected chi connectivity index (χ4v) is 3.92. The van der Waals surface area contributed by atoms with Gasteiger partial charge in [-0.1, -0.05) is 117 Å². The molecule has 2 nitrogen and oxygen atoms in total. The van der Waals surface area contributed by atoms with Crippen molar-refractivity contribution >= 4 is 0 Å². The fraction of sp³-hybridized carbons (Fsp3) is 1.00. The van der Waals surface area contributed by atoms with E-state index in [0.29, 0.717) is 0 Å². The summed E-state index contributed by atoms with van der Waals surface area (Å²) in [7, 11) is 4.65. The summed E-state index contributed by atoms with van der Waals surface area (Å²) in [5.41, 5.74) is 0. The van der Waals surface area contributed by atoms with Crippen LogP contribution >= 0.6 is 0 Å². The molecule has 0 N–H and O–H groups in total. The third-order valence-corrected chi connectivity index (χ3v) is 5.95. The number of hydrogen-bond acceptors (Lipinski definition) is 1. The average Bonchev–Trinajstić information content (AvgIpc) is 2.67. The molecule has 28 heavy (non-hydrogen) atoms. The number of quaternary nitrogens is 1. The van der Waals surface area contributed by atoms with Crippen LogP contribution in [0.5, 0.6) is 0 Å². The van der Waals surface area contributed by atoms with E-state index in [-0.39, 0.29) is 0 Å². The zero-order valence-corrected chi connectivity index (χ0v) is 20.4. The van der Waals surface area contributed by atoms with Gasteiger partial charge >= 0.3 is 0 Å². The van der Waals surface area contributed by atoms with E-state index >= 15 is 0 Å². The smallest absolute Gasteiger partial charge is 0.182 e. The van der Waals surface area contributed by atoms with E-state index in [0.717, 1.165) is 17.8 Å². The minimum Gasteiger partial charge on any atom is -0.332 e. The lowest BCUT2D eigenvalue weighted by Crippen LogP contribution is -2.42. The molecule has 0 rings (SSSR count). The average molecular weight is 399 g/mol. The molecule has 0 aliphatic carbocycles. The second-order valence-corrected chi connectivity index (χ2v) is 9.71. The van der Waals surface area contributed by atoms with Crippen molar-refractivity contribution in [1.82, 2.24) is 0 Å². The summed E-state index contributed by atoms with van der Waals surface area (Å²) < 4.78 is 6.99. The molecule has 0 spiro atoms. The minimum absolute atomic E-state index is 0.883. The Hall–Kier alpha value is -0.0800. The first-order valence-electron chi connectivity index (χ1n) is 13.0. The van der Waals surface area contributed by atoms with Crippen LogP contribution < -0.4 is 0 Å². The van der Waals surface area contributed by atoms with E-state index in [2.05, 4.69) is 27.9 Å². The summed E-state index contributed by atoms with van der Waals surface area (Å²) >= 11 is 0. The molecule has 0 aliphatic heterocycles. The summed E-state index contributed by atoms with van der Waals surface area (Å²) in [4.78, 5) is 0. The molecule has 2 heteroatoms. The number of rotatable bonds is 23. The molecule has 0 saturated carbocycles. The van der Waals surface area contributed by atoms with E-state index < -0.39 is 0 Å². The van der Waals surface area contributed by atoms with Crippen LogP contribution in [0.3, 0.4) is 0 Å². The maximum absolute atomic E-state index is 5.97. The Morgan fingerprint density at radius 3 is 1.25 bits per heavy atom. The lowest BCUT2D eigenvalue weighted by atomic mass is 10.1. The summed E-state index contributed by atoms with van der Waals surface area (Å²) in [6, 6.07) is 0. The standard InChI is InChI=1S/C26H56NO/c1-5-7-9-11-13-15-16-18-20-22-24-27(3,4)26-28-25-23-21-19-17-14-12-10-8-6-2/h5-26H2,1-4H3/q+1. The first-order valence-corrected chi connectivity index (χ1v) is 13.0. The van der Waals surface area contributed by atoms with Gasteiger partial charge in [0.2, 0.25) is 0 Å². The molecule has 0 fully saturated rings. The van der Waals surface area contributed by atoms with Gasteiger partial charge in [-0.2, -0.15) is 0 Å². The molecule has 0 bridgehead atoms. The molecule has 0 aromatic carbocycles. The highest BCUT2D eigenvalue weighted by Crippen LogP contribution is 2.12. The van der Waals surface area contributed by atoms with Crippen molar-refractivity contribution in [3.05, 3.63) is 0 Å². The van der Waals surface area contributed by atoms with Crippen molar-refractivity contribution in [3.63, 3.8) is 0 Å². The SMILES string of the molecule is CCCCCCCCCCCC[N+](C)(C)COCCCCCCCCCCC. The van der Waals surface area contributed by atoms with Gasteiger partial charge in [0.25, 0.3) is 0 Å². The Morgan fingerprint density at radius 2 is 0.821 bits per heavy atom. The van der Waals surface area contributed by atoms with Crippen molar-refractivity contribution in [1.29, 1.82) is 0 Å². The first-order chi connectivity index (χ1) is 13.6. The van der Waals surface area contributed by atoms with E-state index in [1.165, 1.54) is 129 Å². The van der Waals surface area contributed by atoms with Crippen molar-refractivity contribution in [2.24, 2.45) is 0 Å². The summed E-state index contributed by atoms with van der Waals surface area (Å²) in [5.74, 6) is 0. The fourth-order valence-electron chi connectivity index (χ4n) is 3.92. The highest BCUT2D eigenvalue weighted by molar-refractivity contribution is 4.48. The monoisotopic (exact) mass is 398 g/mol. The van der Waals surface area contributed by atoms with Crippen LogP contribution in [0, 0.1) is 0 Å². The molecular weight excluding hydrogens is 342 g/mol. The Morgan fingerprint density at radius 1 is 0.464 bits per heavy atom. The van der Waals surface area contributed by atoms with Gasteiger partial charge in [-0.3, -0.25) is 0 Å². The number of nitrogens with zero attached hydrogens (tertiary/aromatic N) is 1. The maximum Gasteiger partial charge on any atom is 0.182 e. The van der Waals surface area contributed by atoms with Gasteiger partial charge in [0.05, 0.1) is 27.2 Å². The molecule has 0 aromatic rings. The van der Waals surface area contributed by atoms with Crippen molar-refractivity contribution in [2.45, 2.75) is 136 Å². The highest BCUT2D eigenvalue weighted by Gasteiger charge is 2.14. The van der Waals surface area contributed by atoms with E-state index in [1.54, 1.807) is 0 Å². The topological polar surface area (TPSA) is 9.23 Å². The van der Waals surface area contributed by atoms with Crippen LogP contribution in [0.25, 0.3) is 0 Å². The molecule has 0 saturated heterocycles. The zero-order valence-electron chi connectivity index (χ0n) is 20.4. The van der Waals surface area contributed by atoms with Gasteiger partial charge in [0.1, 0.15) is 0 Å². The molecule has 0 aliphatic rings. The Balaban J connectivity index is 3.30. The van der Waals surface area contributed by atoms with Gasteiger partial charge in [-0.15, -0.1) is 0 Å². The zero-order chi connectivity index (χ0) is 20.8. The lowest BCUT2D eigenvalue weighted by molar-refractivity contribution is -0.909. The Bertz CT molecular complexity index is 290. The van der Waals surface area contributed by atoms with Crippen LogP contribution in [0.2, 0.25) is 0 Å². The van der Waals surface area contributed by atoms with Gasteiger partial charge < -0.3 is 9.22 Å². The van der Waals surface area contributed by atoms with Crippen LogP contribution in [0.15, 0.2) is 0 Å². The largest absolute Gasteiger partial charge is 0.332 e. The molecule has 0 heterocycles.